The Labute approximate surface area is 174 Å². The van der Waals surface area contributed by atoms with Crippen molar-refractivity contribution in [3.8, 4) is 11.3 Å². The molecule has 3 aromatic heterocycles. The Hall–Kier alpha value is -3.27. The molecule has 4 heterocycles. The van der Waals surface area contributed by atoms with Crippen LogP contribution in [0.3, 0.4) is 0 Å². The van der Waals surface area contributed by atoms with Gasteiger partial charge in [0.2, 0.25) is 0 Å². The third-order valence-electron chi connectivity index (χ3n) is 5.27. The van der Waals surface area contributed by atoms with Crippen molar-refractivity contribution in [2.45, 2.75) is 39.4 Å². The fourth-order valence-corrected chi connectivity index (χ4v) is 3.66. The number of morpholine rings is 1. The molecular formula is C20H26N8O2. The van der Waals surface area contributed by atoms with Crippen molar-refractivity contribution >= 4 is 11.7 Å². The van der Waals surface area contributed by atoms with Gasteiger partial charge < -0.3 is 15.0 Å². The third-order valence-corrected chi connectivity index (χ3v) is 5.27. The number of nitrogens with zero attached hydrogens (tertiary/aromatic N) is 6. The zero-order valence-electron chi connectivity index (χ0n) is 17.4. The SMILES string of the molecule is CCn1nccc1-c1cc(N2CCOCC2C)nnc1C(C)NC(=O)c1ccn[nH]1. The van der Waals surface area contributed by atoms with Gasteiger partial charge in [-0.05, 0) is 39.0 Å². The van der Waals surface area contributed by atoms with Gasteiger partial charge in [-0.1, -0.05) is 0 Å². The van der Waals surface area contributed by atoms with E-state index in [0.717, 1.165) is 30.2 Å². The summed E-state index contributed by atoms with van der Waals surface area (Å²) >= 11 is 0. The lowest BCUT2D eigenvalue weighted by atomic mass is 10.0. The average Bonchev–Trinajstić information content (AvgIpc) is 3.45. The van der Waals surface area contributed by atoms with E-state index in [1.165, 1.54) is 0 Å². The van der Waals surface area contributed by atoms with Crippen LogP contribution in [-0.4, -0.2) is 61.9 Å². The molecule has 0 bridgehead atoms. The molecule has 30 heavy (non-hydrogen) atoms. The third kappa shape index (κ3) is 3.90. The standard InChI is InChI=1S/C20H26N8O2/c1-4-28-17(6-8-22-28)15-11-18(27-9-10-30-12-13(27)2)25-26-19(15)14(3)23-20(29)16-5-7-21-24-16/h5-8,11,13-14H,4,9-10,12H2,1-3H3,(H,21,24)(H,23,29). The van der Waals surface area contributed by atoms with Crippen molar-refractivity contribution < 1.29 is 9.53 Å². The molecule has 0 aliphatic carbocycles. The fraction of sp³-hybridized carbons (Fsp3) is 0.450. The van der Waals surface area contributed by atoms with E-state index in [1.54, 1.807) is 18.5 Å². The van der Waals surface area contributed by atoms with Crippen LogP contribution in [0, 0.1) is 0 Å². The maximum Gasteiger partial charge on any atom is 0.269 e. The van der Waals surface area contributed by atoms with E-state index in [0.29, 0.717) is 24.6 Å². The van der Waals surface area contributed by atoms with Gasteiger partial charge in [-0.2, -0.15) is 15.3 Å². The first-order chi connectivity index (χ1) is 14.6. The zero-order chi connectivity index (χ0) is 21.1. The monoisotopic (exact) mass is 410 g/mol. The lowest BCUT2D eigenvalue weighted by Crippen LogP contribution is -2.44. The molecule has 1 amide bonds. The second kappa shape index (κ2) is 8.62. The number of hydrogen-bond acceptors (Lipinski definition) is 7. The molecule has 10 heteroatoms. The van der Waals surface area contributed by atoms with E-state index >= 15 is 0 Å². The van der Waals surface area contributed by atoms with Crippen molar-refractivity contribution in [2.24, 2.45) is 0 Å². The molecular weight excluding hydrogens is 384 g/mol. The molecule has 0 saturated carbocycles. The summed E-state index contributed by atoms with van der Waals surface area (Å²) in [6.45, 7) is 8.84. The highest BCUT2D eigenvalue weighted by Gasteiger charge is 2.25. The average molecular weight is 410 g/mol. The van der Waals surface area contributed by atoms with Gasteiger partial charge >= 0.3 is 0 Å². The highest BCUT2D eigenvalue weighted by atomic mass is 16.5. The molecule has 2 atom stereocenters. The Balaban J connectivity index is 1.71. The Morgan fingerprint density at radius 2 is 2.23 bits per heavy atom. The van der Waals surface area contributed by atoms with Crippen LogP contribution in [0.2, 0.25) is 0 Å². The summed E-state index contributed by atoms with van der Waals surface area (Å²) in [4.78, 5) is 14.7. The fourth-order valence-electron chi connectivity index (χ4n) is 3.66. The topological polar surface area (TPSA) is 114 Å². The van der Waals surface area contributed by atoms with Crippen molar-refractivity contribution in [3.63, 3.8) is 0 Å². The number of aromatic nitrogens is 6. The molecule has 158 valence electrons. The minimum Gasteiger partial charge on any atom is -0.377 e. The molecule has 1 aliphatic heterocycles. The largest absolute Gasteiger partial charge is 0.377 e. The summed E-state index contributed by atoms with van der Waals surface area (Å²) in [6, 6.07) is 5.47. The molecule has 2 unspecified atom stereocenters. The highest BCUT2D eigenvalue weighted by molar-refractivity contribution is 5.92. The number of ether oxygens (including phenoxy) is 1. The Bertz CT molecular complexity index is 1000. The first-order valence-corrected chi connectivity index (χ1v) is 10.1. The van der Waals surface area contributed by atoms with Crippen LogP contribution in [0.15, 0.2) is 30.6 Å². The number of hydrogen-bond donors (Lipinski definition) is 2. The van der Waals surface area contributed by atoms with Crippen molar-refractivity contribution in [1.29, 1.82) is 0 Å². The minimum absolute atomic E-state index is 0.209. The molecule has 4 rings (SSSR count). The molecule has 0 aromatic carbocycles. The van der Waals surface area contributed by atoms with Gasteiger partial charge in [-0.15, -0.1) is 5.10 Å². The van der Waals surface area contributed by atoms with Gasteiger partial charge in [0.05, 0.1) is 36.7 Å². The Morgan fingerprint density at radius 3 is 2.97 bits per heavy atom. The van der Waals surface area contributed by atoms with E-state index in [2.05, 4.69) is 42.6 Å². The number of aryl methyl sites for hydroxylation is 1. The van der Waals surface area contributed by atoms with Gasteiger partial charge in [-0.25, -0.2) is 0 Å². The molecule has 1 aliphatic rings. The van der Waals surface area contributed by atoms with Crippen LogP contribution in [0.1, 0.15) is 43.0 Å². The van der Waals surface area contributed by atoms with E-state index in [-0.39, 0.29) is 18.0 Å². The first kappa shape index (κ1) is 20.0. The van der Waals surface area contributed by atoms with Crippen LogP contribution >= 0.6 is 0 Å². The van der Waals surface area contributed by atoms with Crippen LogP contribution in [-0.2, 0) is 11.3 Å². The molecule has 2 N–H and O–H groups in total. The van der Waals surface area contributed by atoms with Crippen LogP contribution in [0.5, 0.6) is 0 Å². The smallest absolute Gasteiger partial charge is 0.269 e. The maximum absolute atomic E-state index is 12.5. The number of amides is 1. The second-order valence-corrected chi connectivity index (χ2v) is 7.32. The van der Waals surface area contributed by atoms with E-state index in [4.69, 9.17) is 4.74 Å². The summed E-state index contributed by atoms with van der Waals surface area (Å²) < 4.78 is 7.47. The Kier molecular flexibility index (Phi) is 5.75. The molecule has 0 radical (unpaired) electrons. The molecule has 0 spiro atoms. The molecule has 3 aromatic rings. The summed E-state index contributed by atoms with van der Waals surface area (Å²) in [5.41, 5.74) is 2.92. The number of aromatic amines is 1. The number of carbonyl (C=O) groups excluding carboxylic acids is 1. The van der Waals surface area contributed by atoms with E-state index in [9.17, 15) is 4.79 Å². The van der Waals surface area contributed by atoms with Crippen molar-refractivity contribution in [3.05, 3.63) is 42.0 Å². The Morgan fingerprint density at radius 1 is 1.37 bits per heavy atom. The van der Waals surface area contributed by atoms with Crippen LogP contribution in [0.4, 0.5) is 5.82 Å². The number of anilines is 1. The number of nitrogens with one attached hydrogen (secondary N) is 2. The first-order valence-electron chi connectivity index (χ1n) is 10.1. The van der Waals surface area contributed by atoms with Crippen LogP contribution < -0.4 is 10.2 Å². The quantitative estimate of drug-likeness (QED) is 0.637. The predicted molar refractivity (Wildman–Crippen MR) is 111 cm³/mol. The zero-order valence-corrected chi connectivity index (χ0v) is 17.4. The number of rotatable bonds is 6. The molecule has 1 fully saturated rings. The van der Waals surface area contributed by atoms with Gasteiger partial charge in [0.15, 0.2) is 5.82 Å². The van der Waals surface area contributed by atoms with Gasteiger partial charge in [0.1, 0.15) is 5.69 Å². The van der Waals surface area contributed by atoms with Crippen molar-refractivity contribution in [1.82, 2.24) is 35.5 Å². The van der Waals surface area contributed by atoms with Crippen LogP contribution in [0.25, 0.3) is 11.3 Å². The normalized spacial score (nSPS) is 17.7. The predicted octanol–water partition coefficient (Wildman–Crippen LogP) is 1.80. The number of H-pyrrole nitrogens is 1. The van der Waals surface area contributed by atoms with Gasteiger partial charge in [0.25, 0.3) is 5.91 Å². The van der Waals surface area contributed by atoms with Crippen molar-refractivity contribution in [2.75, 3.05) is 24.7 Å². The number of carbonyl (C=O) groups is 1. The lowest BCUT2D eigenvalue weighted by molar-refractivity contribution is 0.0933. The van der Waals surface area contributed by atoms with E-state index < -0.39 is 0 Å². The van der Waals surface area contributed by atoms with Gasteiger partial charge in [-0.3, -0.25) is 14.6 Å². The van der Waals surface area contributed by atoms with E-state index in [1.807, 2.05) is 30.7 Å². The molecule has 1 saturated heterocycles. The van der Waals surface area contributed by atoms with Gasteiger partial charge in [0, 0.05) is 31.0 Å². The summed E-state index contributed by atoms with van der Waals surface area (Å²) in [5, 5.41) is 22.9. The maximum atomic E-state index is 12.5. The summed E-state index contributed by atoms with van der Waals surface area (Å²) in [7, 11) is 0. The highest BCUT2D eigenvalue weighted by Crippen LogP contribution is 2.30. The summed E-state index contributed by atoms with van der Waals surface area (Å²) in [5.74, 6) is 0.545. The summed E-state index contributed by atoms with van der Waals surface area (Å²) in [6.07, 6.45) is 3.32. The lowest BCUT2D eigenvalue weighted by Gasteiger charge is -2.34. The second-order valence-electron chi connectivity index (χ2n) is 7.32. The minimum atomic E-state index is -0.361. The molecule has 10 nitrogen and oxygen atoms in total.